The predicted molar refractivity (Wildman–Crippen MR) is 104 cm³/mol. The van der Waals surface area contributed by atoms with E-state index in [9.17, 15) is 0 Å². The molecule has 0 unspecified atom stereocenters. The van der Waals surface area contributed by atoms with Crippen LogP contribution in [-0.4, -0.2) is 46.0 Å². The van der Waals surface area contributed by atoms with Gasteiger partial charge in [0.2, 0.25) is 0 Å². The van der Waals surface area contributed by atoms with Crippen molar-refractivity contribution in [2.24, 2.45) is 4.99 Å². The van der Waals surface area contributed by atoms with Gasteiger partial charge in [0.25, 0.3) is 0 Å². The van der Waals surface area contributed by atoms with E-state index in [1.54, 1.807) is 7.11 Å². The van der Waals surface area contributed by atoms with Crippen LogP contribution in [-0.2, 0) is 4.74 Å². The number of hydrogen-bond donors (Lipinski definition) is 2. The summed E-state index contributed by atoms with van der Waals surface area (Å²) in [6, 6.07) is 5.75. The summed E-state index contributed by atoms with van der Waals surface area (Å²) in [5.74, 6) is 2.19. The Balaban J connectivity index is 2.58. The van der Waals surface area contributed by atoms with Crippen LogP contribution in [0.4, 0.5) is 5.69 Å². The minimum absolute atomic E-state index is 0.589. The summed E-state index contributed by atoms with van der Waals surface area (Å²) in [6.07, 6.45) is 3.19. The summed E-state index contributed by atoms with van der Waals surface area (Å²) in [6.45, 7) is 9.86. The molecule has 25 heavy (non-hydrogen) atoms. The Bertz CT molecular complexity index is 507. The smallest absolute Gasteiger partial charge is 0.195 e. The molecule has 0 saturated heterocycles. The van der Waals surface area contributed by atoms with Crippen LogP contribution in [0, 0.1) is 0 Å². The lowest BCUT2D eigenvalue weighted by Crippen LogP contribution is -2.30. The van der Waals surface area contributed by atoms with Crippen molar-refractivity contribution in [3.05, 3.63) is 18.2 Å². The second-order valence-corrected chi connectivity index (χ2v) is 5.50. The van der Waals surface area contributed by atoms with Crippen molar-refractivity contribution in [3.63, 3.8) is 0 Å². The molecule has 0 spiro atoms. The molecule has 0 heterocycles. The molecule has 0 fully saturated rings. The predicted octanol–water partition coefficient (Wildman–Crippen LogP) is 3.68. The zero-order valence-electron chi connectivity index (χ0n) is 16.1. The van der Waals surface area contributed by atoms with Crippen LogP contribution in [0.25, 0.3) is 0 Å². The zero-order valence-corrected chi connectivity index (χ0v) is 16.1. The lowest BCUT2D eigenvalue weighted by molar-refractivity contribution is 0.130. The molecule has 1 aromatic rings. The molecule has 1 aromatic carbocycles. The van der Waals surface area contributed by atoms with Crippen LogP contribution in [0.15, 0.2) is 23.2 Å². The molecule has 1 rings (SSSR count). The molecule has 6 nitrogen and oxygen atoms in total. The first-order valence-electron chi connectivity index (χ1n) is 9.19. The fourth-order valence-corrected chi connectivity index (χ4v) is 2.17. The summed E-state index contributed by atoms with van der Waals surface area (Å²) in [4.78, 5) is 4.59. The number of unbranched alkanes of at least 4 members (excludes halogenated alkanes) is 1. The van der Waals surface area contributed by atoms with Gasteiger partial charge in [-0.3, -0.25) is 4.99 Å². The SMILES string of the molecule is CCCCOCCCN=C(NCC)Nc1ccc(OC)c(OCC)c1. The average Bonchev–Trinajstić information content (AvgIpc) is 2.61. The summed E-state index contributed by atoms with van der Waals surface area (Å²) < 4.78 is 16.5. The number of rotatable bonds is 12. The van der Waals surface area contributed by atoms with Crippen molar-refractivity contribution in [1.82, 2.24) is 5.32 Å². The number of ether oxygens (including phenoxy) is 3. The molecule has 0 aromatic heterocycles. The van der Waals surface area contributed by atoms with Gasteiger partial charge in [-0.25, -0.2) is 0 Å². The third kappa shape index (κ3) is 8.63. The molecule has 0 radical (unpaired) electrons. The molecule has 142 valence electrons. The molecule has 0 aliphatic carbocycles. The van der Waals surface area contributed by atoms with E-state index in [0.29, 0.717) is 6.61 Å². The van der Waals surface area contributed by atoms with Crippen molar-refractivity contribution < 1.29 is 14.2 Å². The van der Waals surface area contributed by atoms with Gasteiger partial charge in [-0.2, -0.15) is 0 Å². The monoisotopic (exact) mass is 351 g/mol. The Morgan fingerprint density at radius 1 is 1.08 bits per heavy atom. The number of aliphatic imine (C=N–C) groups is 1. The summed E-state index contributed by atoms with van der Waals surface area (Å²) >= 11 is 0. The van der Waals surface area contributed by atoms with Crippen molar-refractivity contribution in [2.45, 2.75) is 40.0 Å². The van der Waals surface area contributed by atoms with E-state index in [1.807, 2.05) is 32.0 Å². The largest absolute Gasteiger partial charge is 0.493 e. The summed E-state index contributed by atoms with van der Waals surface area (Å²) in [5.41, 5.74) is 0.906. The van der Waals surface area contributed by atoms with E-state index in [2.05, 4.69) is 22.5 Å². The van der Waals surface area contributed by atoms with Crippen molar-refractivity contribution >= 4 is 11.6 Å². The molecular weight excluding hydrogens is 318 g/mol. The maximum Gasteiger partial charge on any atom is 0.195 e. The Morgan fingerprint density at radius 3 is 2.56 bits per heavy atom. The first-order valence-corrected chi connectivity index (χ1v) is 9.19. The quantitative estimate of drug-likeness (QED) is 0.342. The number of hydrogen-bond acceptors (Lipinski definition) is 4. The van der Waals surface area contributed by atoms with Gasteiger partial charge in [-0.1, -0.05) is 13.3 Å². The number of benzene rings is 1. The lowest BCUT2D eigenvalue weighted by Gasteiger charge is -2.14. The van der Waals surface area contributed by atoms with E-state index in [-0.39, 0.29) is 0 Å². The molecule has 0 aliphatic heterocycles. The Morgan fingerprint density at radius 2 is 1.88 bits per heavy atom. The zero-order chi connectivity index (χ0) is 18.3. The normalized spacial score (nSPS) is 11.3. The fraction of sp³-hybridized carbons (Fsp3) is 0.632. The second-order valence-electron chi connectivity index (χ2n) is 5.50. The fourth-order valence-electron chi connectivity index (χ4n) is 2.17. The molecular formula is C19H33N3O3. The van der Waals surface area contributed by atoms with Crippen LogP contribution in [0.5, 0.6) is 11.5 Å². The van der Waals surface area contributed by atoms with Gasteiger partial charge >= 0.3 is 0 Å². The molecule has 0 bridgehead atoms. The number of methoxy groups -OCH3 is 1. The molecule has 2 N–H and O–H groups in total. The van der Waals surface area contributed by atoms with Gasteiger partial charge in [0.05, 0.1) is 13.7 Å². The first-order chi connectivity index (χ1) is 12.2. The number of nitrogens with one attached hydrogen (secondary N) is 2. The highest BCUT2D eigenvalue weighted by atomic mass is 16.5. The van der Waals surface area contributed by atoms with E-state index >= 15 is 0 Å². The van der Waals surface area contributed by atoms with Gasteiger partial charge in [-0.05, 0) is 38.8 Å². The van der Waals surface area contributed by atoms with Crippen LogP contribution < -0.4 is 20.1 Å². The third-order valence-electron chi connectivity index (χ3n) is 3.43. The van der Waals surface area contributed by atoms with Crippen LogP contribution in [0.2, 0.25) is 0 Å². The third-order valence-corrected chi connectivity index (χ3v) is 3.43. The van der Waals surface area contributed by atoms with Gasteiger partial charge in [0, 0.05) is 38.1 Å². The van der Waals surface area contributed by atoms with Gasteiger partial charge < -0.3 is 24.8 Å². The maximum absolute atomic E-state index is 5.61. The number of nitrogens with zero attached hydrogens (tertiary/aromatic N) is 1. The molecule has 0 saturated carbocycles. The molecule has 6 heteroatoms. The Hall–Kier alpha value is -1.95. The highest BCUT2D eigenvalue weighted by Gasteiger charge is 2.06. The minimum atomic E-state index is 0.589. The van der Waals surface area contributed by atoms with E-state index in [1.165, 1.54) is 0 Å². The Labute approximate surface area is 152 Å². The van der Waals surface area contributed by atoms with Gasteiger partial charge in [0.15, 0.2) is 17.5 Å². The van der Waals surface area contributed by atoms with E-state index < -0.39 is 0 Å². The maximum atomic E-state index is 5.61. The molecule has 0 atom stereocenters. The first kappa shape index (κ1) is 21.1. The highest BCUT2D eigenvalue weighted by Crippen LogP contribution is 2.30. The van der Waals surface area contributed by atoms with Gasteiger partial charge in [0.1, 0.15) is 0 Å². The van der Waals surface area contributed by atoms with E-state index in [4.69, 9.17) is 14.2 Å². The topological polar surface area (TPSA) is 64.1 Å². The van der Waals surface area contributed by atoms with Crippen LogP contribution in [0.1, 0.15) is 40.0 Å². The van der Waals surface area contributed by atoms with Crippen molar-refractivity contribution in [3.8, 4) is 11.5 Å². The van der Waals surface area contributed by atoms with Crippen molar-refractivity contribution in [1.29, 1.82) is 0 Å². The minimum Gasteiger partial charge on any atom is -0.493 e. The van der Waals surface area contributed by atoms with E-state index in [0.717, 1.165) is 68.7 Å². The van der Waals surface area contributed by atoms with Crippen molar-refractivity contribution in [2.75, 3.05) is 45.3 Å². The number of guanidine groups is 1. The standard InChI is InChI=1S/C19H33N3O3/c1-5-8-13-24-14-9-12-21-19(20-6-2)22-16-10-11-17(23-4)18(15-16)25-7-3/h10-11,15H,5-9,12-14H2,1-4H3,(H2,20,21,22). The van der Waals surface area contributed by atoms with Crippen LogP contribution in [0.3, 0.4) is 0 Å². The van der Waals surface area contributed by atoms with Gasteiger partial charge in [-0.15, -0.1) is 0 Å². The molecule has 0 amide bonds. The number of anilines is 1. The summed E-state index contributed by atoms with van der Waals surface area (Å²) in [5, 5.41) is 6.55. The highest BCUT2D eigenvalue weighted by molar-refractivity contribution is 5.93. The Kier molecular flexibility index (Phi) is 11.3. The second kappa shape index (κ2) is 13.4. The summed E-state index contributed by atoms with van der Waals surface area (Å²) in [7, 11) is 1.64. The van der Waals surface area contributed by atoms with Crippen LogP contribution >= 0.6 is 0 Å². The average molecular weight is 351 g/mol. The lowest BCUT2D eigenvalue weighted by atomic mass is 10.2. The molecule has 0 aliphatic rings.